The molecule has 5 nitrogen and oxygen atoms in total. The fourth-order valence-corrected chi connectivity index (χ4v) is 2.67. The van der Waals surface area contributed by atoms with Crippen LogP contribution in [-0.4, -0.2) is 42.9 Å². The van der Waals surface area contributed by atoms with E-state index in [1.165, 1.54) is 26.0 Å². The number of carbonyl (C=O) groups is 3. The minimum absolute atomic E-state index is 0.0535. The first-order valence-electron chi connectivity index (χ1n) is 4.39. The average molecular weight is 232 g/mol. The number of Topliss-reactive ketones (excluding diaryl/α,β-unsaturated/α-hetero) is 1. The van der Waals surface area contributed by atoms with Gasteiger partial charge < -0.3 is 9.47 Å². The Bertz CT molecular complexity index is 288. The van der Waals surface area contributed by atoms with Crippen LogP contribution in [0.5, 0.6) is 0 Å². The number of methoxy groups -OCH3 is 2. The van der Waals surface area contributed by atoms with Gasteiger partial charge in [0, 0.05) is 0 Å². The largest absolute Gasteiger partial charge is 0.469 e. The third-order valence-corrected chi connectivity index (χ3v) is 3.56. The maximum Gasteiger partial charge on any atom is 0.319 e. The van der Waals surface area contributed by atoms with Gasteiger partial charge in [0.1, 0.15) is 11.0 Å². The summed E-state index contributed by atoms with van der Waals surface area (Å²) in [6, 6.07) is 0. The van der Waals surface area contributed by atoms with Gasteiger partial charge in [-0.15, -0.1) is 11.8 Å². The SMILES string of the molecule is COC(=O)CC1C(=O)CSC1C(=O)OC. The summed E-state index contributed by atoms with van der Waals surface area (Å²) in [5, 5.41) is -0.568. The molecule has 0 aromatic heterocycles. The van der Waals surface area contributed by atoms with Crippen LogP contribution >= 0.6 is 11.8 Å². The molecular weight excluding hydrogens is 220 g/mol. The normalized spacial score (nSPS) is 25.1. The molecule has 0 aromatic rings. The number of ether oxygens (including phenoxy) is 2. The van der Waals surface area contributed by atoms with Crippen LogP contribution in [0.2, 0.25) is 0 Å². The second-order valence-corrected chi connectivity index (χ2v) is 4.24. The first kappa shape index (κ1) is 12.0. The zero-order valence-electron chi connectivity index (χ0n) is 8.52. The van der Waals surface area contributed by atoms with E-state index >= 15 is 0 Å². The average Bonchev–Trinajstić information content (AvgIpc) is 2.59. The Kier molecular flexibility index (Phi) is 4.14. The monoisotopic (exact) mass is 232 g/mol. The third kappa shape index (κ3) is 2.71. The third-order valence-electron chi connectivity index (χ3n) is 2.23. The van der Waals surface area contributed by atoms with Crippen LogP contribution in [0.4, 0.5) is 0 Å². The van der Waals surface area contributed by atoms with E-state index in [0.29, 0.717) is 0 Å². The van der Waals surface area contributed by atoms with E-state index in [1.54, 1.807) is 0 Å². The van der Waals surface area contributed by atoms with Gasteiger partial charge in [0.05, 0.1) is 32.3 Å². The quantitative estimate of drug-likeness (QED) is 0.639. The Morgan fingerprint density at radius 3 is 2.60 bits per heavy atom. The van der Waals surface area contributed by atoms with Crippen molar-refractivity contribution in [2.24, 2.45) is 5.92 Å². The minimum atomic E-state index is -0.602. The molecule has 0 N–H and O–H groups in total. The Balaban J connectivity index is 2.68. The molecule has 1 saturated heterocycles. The molecule has 0 aromatic carbocycles. The first-order chi connectivity index (χ1) is 7.10. The highest BCUT2D eigenvalue weighted by atomic mass is 32.2. The van der Waals surface area contributed by atoms with E-state index in [0.717, 1.165) is 0 Å². The number of ketones is 1. The molecule has 1 fully saturated rings. The fraction of sp³-hybridized carbons (Fsp3) is 0.667. The molecule has 1 aliphatic heterocycles. The summed E-state index contributed by atoms with van der Waals surface area (Å²) in [5.41, 5.74) is 0. The van der Waals surface area contributed by atoms with E-state index in [4.69, 9.17) is 0 Å². The van der Waals surface area contributed by atoms with E-state index < -0.39 is 23.1 Å². The highest BCUT2D eigenvalue weighted by molar-refractivity contribution is 8.01. The predicted molar refractivity (Wildman–Crippen MR) is 53.4 cm³/mol. The summed E-state index contributed by atoms with van der Waals surface area (Å²) in [5.74, 6) is -1.39. The predicted octanol–water partition coefficient (Wildman–Crippen LogP) is 0.0232. The summed E-state index contributed by atoms with van der Waals surface area (Å²) < 4.78 is 9.03. The van der Waals surface area contributed by atoms with Crippen molar-refractivity contribution in [3.63, 3.8) is 0 Å². The van der Waals surface area contributed by atoms with Crippen molar-refractivity contribution in [2.75, 3.05) is 20.0 Å². The lowest BCUT2D eigenvalue weighted by atomic mass is 9.97. The molecule has 84 valence electrons. The van der Waals surface area contributed by atoms with Crippen LogP contribution in [0.1, 0.15) is 6.42 Å². The molecule has 0 amide bonds. The van der Waals surface area contributed by atoms with Crippen LogP contribution in [0.25, 0.3) is 0 Å². The lowest BCUT2D eigenvalue weighted by Gasteiger charge is -2.13. The van der Waals surface area contributed by atoms with Gasteiger partial charge >= 0.3 is 11.9 Å². The number of thioether (sulfide) groups is 1. The highest BCUT2D eigenvalue weighted by Crippen LogP contribution is 2.32. The van der Waals surface area contributed by atoms with Gasteiger partial charge in [-0.25, -0.2) is 0 Å². The molecule has 2 atom stereocenters. The molecule has 1 aliphatic rings. The van der Waals surface area contributed by atoms with E-state index in [2.05, 4.69) is 9.47 Å². The molecule has 0 spiro atoms. The van der Waals surface area contributed by atoms with Crippen molar-refractivity contribution in [3.8, 4) is 0 Å². The number of hydrogen-bond acceptors (Lipinski definition) is 6. The summed E-state index contributed by atoms with van der Waals surface area (Å²) in [7, 11) is 2.52. The van der Waals surface area contributed by atoms with E-state index in [-0.39, 0.29) is 18.0 Å². The van der Waals surface area contributed by atoms with Crippen LogP contribution in [0.15, 0.2) is 0 Å². The minimum Gasteiger partial charge on any atom is -0.469 e. The molecule has 0 saturated carbocycles. The zero-order valence-corrected chi connectivity index (χ0v) is 9.33. The maximum atomic E-state index is 11.4. The molecule has 0 radical (unpaired) electrons. The van der Waals surface area contributed by atoms with Gasteiger partial charge in [0.2, 0.25) is 0 Å². The number of esters is 2. The van der Waals surface area contributed by atoms with Crippen molar-refractivity contribution < 1.29 is 23.9 Å². The fourth-order valence-electron chi connectivity index (χ4n) is 1.40. The van der Waals surface area contributed by atoms with E-state index in [9.17, 15) is 14.4 Å². The number of carbonyl (C=O) groups excluding carboxylic acids is 3. The van der Waals surface area contributed by atoms with Gasteiger partial charge in [0.15, 0.2) is 0 Å². The van der Waals surface area contributed by atoms with Crippen molar-refractivity contribution >= 4 is 29.5 Å². The zero-order chi connectivity index (χ0) is 11.4. The van der Waals surface area contributed by atoms with Crippen LogP contribution in [0, 0.1) is 5.92 Å². The summed E-state index contributed by atoms with van der Waals surface area (Å²) in [6.45, 7) is 0. The van der Waals surface area contributed by atoms with Crippen molar-refractivity contribution in [2.45, 2.75) is 11.7 Å². The highest BCUT2D eigenvalue weighted by Gasteiger charge is 2.42. The molecule has 2 unspecified atom stereocenters. The van der Waals surface area contributed by atoms with Crippen LogP contribution in [0.3, 0.4) is 0 Å². The Hall–Kier alpha value is -1.04. The molecule has 1 rings (SSSR count). The topological polar surface area (TPSA) is 69.7 Å². The molecule has 15 heavy (non-hydrogen) atoms. The Labute approximate surface area is 91.5 Å². The van der Waals surface area contributed by atoms with Crippen molar-refractivity contribution in [1.82, 2.24) is 0 Å². The van der Waals surface area contributed by atoms with Crippen molar-refractivity contribution in [1.29, 1.82) is 0 Å². The smallest absolute Gasteiger partial charge is 0.319 e. The van der Waals surface area contributed by atoms with Gasteiger partial charge in [-0.2, -0.15) is 0 Å². The number of hydrogen-bond donors (Lipinski definition) is 0. The van der Waals surface area contributed by atoms with Crippen LogP contribution < -0.4 is 0 Å². The second kappa shape index (κ2) is 5.16. The Morgan fingerprint density at radius 1 is 1.40 bits per heavy atom. The molecule has 0 aliphatic carbocycles. The van der Waals surface area contributed by atoms with E-state index in [1.807, 2.05) is 0 Å². The molecule has 6 heteroatoms. The van der Waals surface area contributed by atoms with Gasteiger partial charge in [-0.05, 0) is 0 Å². The Morgan fingerprint density at radius 2 is 2.07 bits per heavy atom. The lowest BCUT2D eigenvalue weighted by molar-refractivity contribution is -0.146. The lowest BCUT2D eigenvalue weighted by Crippen LogP contribution is -2.29. The summed E-state index contributed by atoms with van der Waals surface area (Å²) >= 11 is 1.21. The van der Waals surface area contributed by atoms with Gasteiger partial charge in [-0.3, -0.25) is 14.4 Å². The molecule has 1 heterocycles. The molecular formula is C9H12O5S. The summed E-state index contributed by atoms with van der Waals surface area (Å²) in [6.07, 6.45) is -0.0535. The van der Waals surface area contributed by atoms with Crippen LogP contribution in [-0.2, 0) is 23.9 Å². The van der Waals surface area contributed by atoms with Gasteiger partial charge in [-0.1, -0.05) is 0 Å². The van der Waals surface area contributed by atoms with Crippen molar-refractivity contribution in [3.05, 3.63) is 0 Å². The maximum absolute atomic E-state index is 11.4. The number of rotatable bonds is 3. The second-order valence-electron chi connectivity index (χ2n) is 3.11. The van der Waals surface area contributed by atoms with Gasteiger partial charge in [0.25, 0.3) is 0 Å². The first-order valence-corrected chi connectivity index (χ1v) is 5.44. The molecule has 0 bridgehead atoms. The standard InChI is InChI=1S/C9H12O5S/c1-13-7(11)3-5-6(10)4-15-8(5)9(12)14-2/h5,8H,3-4H2,1-2H3. The summed E-state index contributed by atoms with van der Waals surface area (Å²) in [4.78, 5) is 33.7.